The molecule has 2 aliphatic rings. The quantitative estimate of drug-likeness (QED) is 0.625. The third kappa shape index (κ3) is 3.54. The van der Waals surface area contributed by atoms with Gasteiger partial charge in [-0.05, 0) is 40.8 Å². The van der Waals surface area contributed by atoms with Gasteiger partial charge in [0, 0.05) is 14.5 Å². The van der Waals surface area contributed by atoms with E-state index in [-0.39, 0.29) is 29.2 Å². The molecule has 0 aliphatic carbocycles. The topological polar surface area (TPSA) is 90.6 Å². The lowest BCUT2D eigenvalue weighted by molar-refractivity contribution is -0.116. The summed E-state index contributed by atoms with van der Waals surface area (Å²) in [6, 6.07) is 9.19. The van der Waals surface area contributed by atoms with Crippen molar-refractivity contribution >= 4 is 61.0 Å². The Labute approximate surface area is 152 Å². The molecule has 0 saturated carbocycles. The Bertz CT molecular complexity index is 832. The number of hydrogen-bond donors (Lipinski definition) is 0. The summed E-state index contributed by atoms with van der Waals surface area (Å²) in [5.41, 5.74) is 0.817. The van der Waals surface area contributed by atoms with Gasteiger partial charge in [-0.25, -0.2) is 8.42 Å². The van der Waals surface area contributed by atoms with Crippen LogP contribution in [0.2, 0.25) is 0 Å². The number of nitriles is 1. The highest BCUT2D eigenvalue weighted by atomic mass is 127. The Morgan fingerprint density at radius 2 is 2.26 bits per heavy atom. The van der Waals surface area contributed by atoms with Crippen molar-refractivity contribution in [3.63, 3.8) is 0 Å². The van der Waals surface area contributed by atoms with Crippen LogP contribution in [0.4, 0.5) is 5.69 Å². The van der Waals surface area contributed by atoms with E-state index in [1.165, 1.54) is 11.8 Å². The van der Waals surface area contributed by atoms with Gasteiger partial charge in [0.1, 0.15) is 6.42 Å². The zero-order chi connectivity index (χ0) is 16.6. The molecule has 2 heterocycles. The van der Waals surface area contributed by atoms with Gasteiger partial charge in [0.05, 0.1) is 23.6 Å². The second kappa shape index (κ2) is 6.41. The number of amidine groups is 1. The first-order valence-corrected chi connectivity index (χ1v) is 10.6. The summed E-state index contributed by atoms with van der Waals surface area (Å²) in [4.78, 5) is 17.6. The monoisotopic (exact) mass is 461 g/mol. The fraction of sp³-hybridized carbons (Fsp3) is 0.357. The number of nitrogens with zero attached hydrogens (tertiary/aromatic N) is 3. The summed E-state index contributed by atoms with van der Waals surface area (Å²) < 4.78 is 24.9. The molecule has 120 valence electrons. The van der Waals surface area contributed by atoms with Crippen molar-refractivity contribution < 1.29 is 13.2 Å². The molecule has 0 unspecified atom stereocenters. The molecule has 1 aromatic rings. The number of benzene rings is 1. The van der Waals surface area contributed by atoms with Gasteiger partial charge >= 0.3 is 0 Å². The van der Waals surface area contributed by atoms with Crippen LogP contribution < -0.4 is 4.90 Å². The number of rotatable bonds is 2. The second-order valence-corrected chi connectivity index (χ2v) is 9.88. The van der Waals surface area contributed by atoms with E-state index < -0.39 is 15.7 Å². The predicted molar refractivity (Wildman–Crippen MR) is 98.1 cm³/mol. The van der Waals surface area contributed by atoms with Crippen LogP contribution in [0.15, 0.2) is 29.3 Å². The molecule has 0 aromatic heterocycles. The Morgan fingerprint density at radius 1 is 1.48 bits per heavy atom. The molecule has 0 radical (unpaired) electrons. The number of halogens is 1. The number of carbonyl (C=O) groups is 1. The minimum absolute atomic E-state index is 0.0571. The van der Waals surface area contributed by atoms with Gasteiger partial charge in [0.2, 0.25) is 0 Å². The van der Waals surface area contributed by atoms with E-state index in [1.807, 2.05) is 29.2 Å². The van der Waals surface area contributed by atoms with E-state index in [9.17, 15) is 13.2 Å². The van der Waals surface area contributed by atoms with Crippen molar-refractivity contribution in [2.45, 2.75) is 17.7 Å². The van der Waals surface area contributed by atoms with E-state index in [0.717, 1.165) is 9.26 Å². The van der Waals surface area contributed by atoms with Gasteiger partial charge in [-0.1, -0.05) is 17.8 Å². The van der Waals surface area contributed by atoms with E-state index in [0.29, 0.717) is 5.17 Å². The first-order chi connectivity index (χ1) is 10.9. The Kier molecular flexibility index (Phi) is 4.66. The highest BCUT2D eigenvalue weighted by molar-refractivity contribution is 14.1. The normalized spacial score (nSPS) is 27.0. The number of fused-ring (bicyclic) bond motifs is 1. The highest BCUT2D eigenvalue weighted by Gasteiger charge is 2.49. The molecular weight excluding hydrogens is 449 g/mol. The molecule has 2 fully saturated rings. The Morgan fingerprint density at radius 3 is 2.96 bits per heavy atom. The standard InChI is InChI=1S/C14H12IN3O3S2/c15-9-2-1-3-10(6-9)18-11-7-23(20,21)8-12(11)22-14(18)17-13(19)4-5-16/h1-3,6,11-12H,4,7-8H2/t11-,12+/m1/s1. The Hall–Kier alpha value is -1.12. The highest BCUT2D eigenvalue weighted by Crippen LogP contribution is 2.41. The Balaban J connectivity index is 2.01. The number of hydrogen-bond acceptors (Lipinski definition) is 5. The molecule has 9 heteroatoms. The molecule has 2 atom stereocenters. The van der Waals surface area contributed by atoms with Crippen molar-refractivity contribution in [1.29, 1.82) is 5.26 Å². The van der Waals surface area contributed by atoms with Crippen LogP contribution in [0.25, 0.3) is 0 Å². The van der Waals surface area contributed by atoms with E-state index in [1.54, 1.807) is 6.07 Å². The first kappa shape index (κ1) is 16.7. The second-order valence-electron chi connectivity index (χ2n) is 5.27. The summed E-state index contributed by atoms with van der Waals surface area (Å²) in [7, 11) is -3.08. The molecule has 2 saturated heterocycles. The van der Waals surface area contributed by atoms with Gasteiger partial charge in [-0.15, -0.1) is 0 Å². The van der Waals surface area contributed by atoms with Gasteiger partial charge < -0.3 is 4.90 Å². The largest absolute Gasteiger partial charge is 0.316 e. The van der Waals surface area contributed by atoms with Gasteiger partial charge in [0.15, 0.2) is 15.0 Å². The average molecular weight is 461 g/mol. The van der Waals surface area contributed by atoms with Crippen molar-refractivity contribution in [2.75, 3.05) is 16.4 Å². The van der Waals surface area contributed by atoms with Gasteiger partial charge in [-0.2, -0.15) is 10.3 Å². The van der Waals surface area contributed by atoms with Crippen molar-refractivity contribution in [1.82, 2.24) is 0 Å². The van der Waals surface area contributed by atoms with E-state index in [4.69, 9.17) is 5.26 Å². The maximum Gasteiger partial charge on any atom is 0.262 e. The maximum absolute atomic E-state index is 11.9. The molecule has 3 rings (SSSR count). The molecule has 1 aromatic carbocycles. The number of amides is 1. The van der Waals surface area contributed by atoms with Crippen LogP contribution in [0.3, 0.4) is 0 Å². The number of carbonyl (C=O) groups excluding carboxylic acids is 1. The third-order valence-electron chi connectivity index (χ3n) is 3.60. The predicted octanol–water partition coefficient (Wildman–Crippen LogP) is 1.81. The molecule has 1 amide bonds. The lowest BCUT2D eigenvalue weighted by atomic mass is 10.2. The van der Waals surface area contributed by atoms with E-state index in [2.05, 4.69) is 27.6 Å². The minimum atomic E-state index is -3.08. The lowest BCUT2D eigenvalue weighted by Gasteiger charge is -2.24. The summed E-state index contributed by atoms with van der Waals surface area (Å²) in [5.74, 6) is -0.357. The number of anilines is 1. The zero-order valence-electron chi connectivity index (χ0n) is 11.8. The summed E-state index contributed by atoms with van der Waals surface area (Å²) in [5, 5.41) is 8.97. The van der Waals surface area contributed by atoms with Gasteiger partial charge in [-0.3, -0.25) is 4.79 Å². The van der Waals surface area contributed by atoms with Crippen molar-refractivity contribution in [3.05, 3.63) is 27.8 Å². The van der Waals surface area contributed by atoms with Crippen molar-refractivity contribution in [2.24, 2.45) is 4.99 Å². The maximum atomic E-state index is 11.9. The van der Waals surface area contributed by atoms with Crippen molar-refractivity contribution in [3.8, 4) is 6.07 Å². The zero-order valence-corrected chi connectivity index (χ0v) is 15.6. The number of thioether (sulfide) groups is 1. The lowest BCUT2D eigenvalue weighted by Crippen LogP contribution is -2.37. The minimum Gasteiger partial charge on any atom is -0.316 e. The SMILES string of the molecule is N#CCC(=O)N=C1S[C@H]2CS(=O)(=O)C[C@H]2N1c1cccc(I)c1. The smallest absolute Gasteiger partial charge is 0.262 e. The van der Waals surface area contributed by atoms with E-state index >= 15 is 0 Å². The third-order valence-corrected chi connectivity index (χ3v) is 7.48. The molecule has 0 bridgehead atoms. The van der Waals surface area contributed by atoms with Crippen LogP contribution in [0.1, 0.15) is 6.42 Å². The van der Waals surface area contributed by atoms with Crippen LogP contribution >= 0.6 is 34.4 Å². The molecule has 23 heavy (non-hydrogen) atoms. The van der Waals surface area contributed by atoms with Crippen LogP contribution in [0.5, 0.6) is 0 Å². The molecule has 0 N–H and O–H groups in total. The summed E-state index contributed by atoms with van der Waals surface area (Å²) in [6.45, 7) is 0. The van der Waals surface area contributed by atoms with Gasteiger partial charge in [0.25, 0.3) is 5.91 Å². The molecular formula is C14H12IN3O3S2. The fourth-order valence-electron chi connectivity index (χ4n) is 2.71. The van der Waals surface area contributed by atoms with Crippen LogP contribution in [-0.2, 0) is 14.6 Å². The van der Waals surface area contributed by atoms with Crippen LogP contribution in [0, 0.1) is 14.9 Å². The molecule has 6 nitrogen and oxygen atoms in total. The summed E-state index contributed by atoms with van der Waals surface area (Å²) >= 11 is 3.49. The fourth-order valence-corrected chi connectivity index (χ4v) is 7.16. The number of aliphatic imine (C=N–C) groups is 1. The molecule has 2 aliphatic heterocycles. The van der Waals surface area contributed by atoms with Crippen LogP contribution in [-0.4, -0.2) is 42.3 Å². The summed E-state index contributed by atoms with van der Waals surface area (Å²) in [6.07, 6.45) is -0.280. The first-order valence-electron chi connectivity index (χ1n) is 6.80. The number of sulfone groups is 1. The molecule has 0 spiro atoms. The average Bonchev–Trinajstić information content (AvgIpc) is 2.89.